The summed E-state index contributed by atoms with van der Waals surface area (Å²) in [7, 11) is 0. The van der Waals surface area contributed by atoms with Crippen LogP contribution in [0.3, 0.4) is 0 Å². The second-order valence-electron chi connectivity index (χ2n) is 12.2. The number of halogens is 3. The van der Waals surface area contributed by atoms with E-state index in [4.69, 9.17) is 4.98 Å². The van der Waals surface area contributed by atoms with Crippen LogP contribution < -0.4 is 10.6 Å². The highest BCUT2D eigenvalue weighted by Crippen LogP contribution is 2.63. The maximum atomic E-state index is 13.4. The lowest BCUT2D eigenvalue weighted by atomic mass is 9.95. The van der Waals surface area contributed by atoms with Gasteiger partial charge in [0, 0.05) is 34.7 Å². The van der Waals surface area contributed by atoms with E-state index in [0.717, 1.165) is 15.1 Å². The average Bonchev–Trinajstić information content (AvgIpc) is 3.18. The Balaban J connectivity index is 1.25. The van der Waals surface area contributed by atoms with Gasteiger partial charge in [0.25, 0.3) is 0 Å². The Labute approximate surface area is 254 Å². The van der Waals surface area contributed by atoms with Crippen LogP contribution in [0.1, 0.15) is 42.8 Å². The number of thiophene rings is 1. The summed E-state index contributed by atoms with van der Waals surface area (Å²) >= 11 is 1.39. The van der Waals surface area contributed by atoms with Gasteiger partial charge < -0.3 is 10.1 Å². The molecule has 232 valence electrons. The molecule has 2 aliphatic heterocycles. The van der Waals surface area contributed by atoms with E-state index in [2.05, 4.69) is 20.4 Å². The van der Waals surface area contributed by atoms with Crippen molar-refractivity contribution in [2.45, 2.75) is 59.5 Å². The first-order valence-corrected chi connectivity index (χ1v) is 15.0. The molecule has 3 fully saturated rings. The molecular formula is C30H30F3N5O5S. The van der Waals surface area contributed by atoms with E-state index in [9.17, 15) is 32.3 Å². The van der Waals surface area contributed by atoms with Crippen molar-refractivity contribution >= 4 is 50.9 Å². The molecular weight excluding hydrogens is 599 g/mol. The summed E-state index contributed by atoms with van der Waals surface area (Å²) in [5, 5.41) is 5.63. The number of fused-ring (bicyclic) bond motifs is 2. The molecule has 1 saturated carbocycles. The van der Waals surface area contributed by atoms with Crippen molar-refractivity contribution in [2.75, 3.05) is 11.9 Å². The second kappa shape index (κ2) is 10.6. The summed E-state index contributed by atoms with van der Waals surface area (Å²) in [5.41, 5.74) is 3.41. The van der Waals surface area contributed by atoms with E-state index >= 15 is 0 Å². The van der Waals surface area contributed by atoms with Gasteiger partial charge in [0.1, 0.15) is 0 Å². The fourth-order valence-corrected chi connectivity index (χ4v) is 7.50. The molecule has 0 spiro atoms. The van der Waals surface area contributed by atoms with E-state index in [1.165, 1.54) is 16.2 Å². The fraction of sp³-hybridized carbons (Fsp3) is 0.467. The average molecular weight is 630 g/mol. The molecule has 44 heavy (non-hydrogen) atoms. The molecule has 6 rings (SSSR count). The molecule has 10 nitrogen and oxygen atoms in total. The Morgan fingerprint density at radius 2 is 1.89 bits per heavy atom. The first kappa shape index (κ1) is 30.1. The second-order valence-corrected chi connectivity index (χ2v) is 13.3. The van der Waals surface area contributed by atoms with Crippen LogP contribution in [0.4, 0.5) is 18.9 Å². The number of nitrogens with zero attached hydrogens (tertiary/aromatic N) is 3. The number of likely N-dealkylation sites (tertiary alicyclic amines) is 1. The normalized spacial score (nSPS) is 24.4. The van der Waals surface area contributed by atoms with Gasteiger partial charge in [-0.3, -0.25) is 34.6 Å². The Bertz CT molecular complexity index is 1700. The van der Waals surface area contributed by atoms with Gasteiger partial charge in [0.15, 0.2) is 6.23 Å². The largest absolute Gasteiger partial charge is 0.490 e. The van der Waals surface area contributed by atoms with Gasteiger partial charge in [0.05, 0.1) is 40.0 Å². The minimum atomic E-state index is -5.13. The van der Waals surface area contributed by atoms with E-state index in [0.29, 0.717) is 34.6 Å². The predicted octanol–water partition coefficient (Wildman–Crippen LogP) is 4.49. The third kappa shape index (κ3) is 5.23. The molecule has 5 heterocycles. The molecule has 3 amide bonds. The van der Waals surface area contributed by atoms with Crippen LogP contribution in [-0.4, -0.2) is 57.5 Å². The maximum Gasteiger partial charge on any atom is 0.490 e. The molecule has 14 heteroatoms. The first-order valence-electron chi connectivity index (χ1n) is 14.2. The van der Waals surface area contributed by atoms with Crippen LogP contribution in [0.5, 0.6) is 0 Å². The number of piperidine rings is 2. The maximum absolute atomic E-state index is 13.4. The number of ether oxygens (including phenoxy) is 1. The number of esters is 1. The molecule has 0 aromatic carbocycles. The van der Waals surface area contributed by atoms with Crippen LogP contribution in [0.25, 0.3) is 21.5 Å². The molecule has 4 unspecified atom stereocenters. The Hall–Kier alpha value is -3.91. The molecule has 3 aliphatic rings. The van der Waals surface area contributed by atoms with Crippen LogP contribution >= 0.6 is 11.3 Å². The van der Waals surface area contributed by atoms with Gasteiger partial charge in [-0.2, -0.15) is 13.2 Å². The van der Waals surface area contributed by atoms with Gasteiger partial charge in [-0.1, -0.05) is 13.8 Å². The number of pyridine rings is 2. The van der Waals surface area contributed by atoms with Crippen molar-refractivity contribution in [1.82, 2.24) is 20.2 Å². The van der Waals surface area contributed by atoms with E-state index in [1.54, 1.807) is 12.3 Å². The smallest absolute Gasteiger partial charge is 0.440 e. The lowest BCUT2D eigenvalue weighted by Gasteiger charge is -2.29. The van der Waals surface area contributed by atoms with Crippen molar-refractivity contribution in [2.24, 2.45) is 23.2 Å². The fourth-order valence-electron chi connectivity index (χ4n) is 6.38. The molecule has 2 saturated heterocycles. The monoisotopic (exact) mass is 629 g/mol. The van der Waals surface area contributed by atoms with Crippen LogP contribution in [0.15, 0.2) is 24.4 Å². The number of aryl methyl sites for hydroxylation is 2. The van der Waals surface area contributed by atoms with E-state index < -0.39 is 30.2 Å². The minimum absolute atomic E-state index is 0.123. The highest BCUT2D eigenvalue weighted by atomic mass is 32.1. The van der Waals surface area contributed by atoms with Crippen molar-refractivity contribution < 1.29 is 37.1 Å². The molecule has 4 atom stereocenters. The van der Waals surface area contributed by atoms with E-state index in [-0.39, 0.29) is 48.6 Å². The van der Waals surface area contributed by atoms with Gasteiger partial charge >= 0.3 is 12.1 Å². The number of nitrogens with one attached hydrogen (secondary N) is 2. The SMILES string of the molecule is Cc1cc(C)c(NC(=O)C2CCNC(OC(=O)C(F)(F)F)C2)c(-c2ccnc3cc(CN4C(=O)C5C(C4=O)C5(C)C)sc23)n1. The zero-order valence-electron chi connectivity index (χ0n) is 24.4. The predicted molar refractivity (Wildman–Crippen MR) is 154 cm³/mol. The first-order chi connectivity index (χ1) is 20.7. The van der Waals surface area contributed by atoms with Gasteiger partial charge in [0.2, 0.25) is 17.7 Å². The van der Waals surface area contributed by atoms with Crippen molar-refractivity contribution in [3.63, 3.8) is 0 Å². The zero-order chi connectivity index (χ0) is 31.7. The summed E-state index contributed by atoms with van der Waals surface area (Å²) in [6.07, 6.45) is -4.55. The summed E-state index contributed by atoms with van der Waals surface area (Å²) in [6, 6.07) is 5.43. The number of rotatable bonds is 6. The summed E-state index contributed by atoms with van der Waals surface area (Å²) in [5.74, 6) is -4.29. The summed E-state index contributed by atoms with van der Waals surface area (Å²) in [6.45, 7) is 7.86. The number of alkyl halides is 3. The van der Waals surface area contributed by atoms with E-state index in [1.807, 2.05) is 39.8 Å². The number of carbonyl (C=O) groups is 4. The van der Waals surface area contributed by atoms with Crippen molar-refractivity contribution in [3.05, 3.63) is 40.5 Å². The number of carbonyl (C=O) groups excluding carboxylic acids is 4. The highest BCUT2D eigenvalue weighted by Gasteiger charge is 2.72. The molecule has 0 bridgehead atoms. The molecule has 1 aliphatic carbocycles. The molecule has 0 radical (unpaired) electrons. The number of imide groups is 1. The van der Waals surface area contributed by atoms with Crippen molar-refractivity contribution in [1.29, 1.82) is 0 Å². The quantitative estimate of drug-likeness (QED) is 0.302. The standard InChI is InChI=1S/C30H30F3N5O5S/c1-13-9-14(2)36-23(22(13)37-25(39)15-5-7-35-19(10-15)43-28(42)30(31,32)33)17-6-8-34-18-11-16(44-24(17)18)12-38-26(40)20-21(27(38)41)29(20,3)4/h6,8-9,11,15,19-21,35H,5,7,10,12H2,1-4H3,(H,37,39). The van der Waals surface area contributed by atoms with Gasteiger partial charge in [-0.15, -0.1) is 11.3 Å². The van der Waals surface area contributed by atoms with Gasteiger partial charge in [-0.05, 0) is 56.0 Å². The number of hydrogen-bond donors (Lipinski definition) is 2. The molecule has 3 aromatic heterocycles. The lowest BCUT2D eigenvalue weighted by molar-refractivity contribution is -0.207. The Morgan fingerprint density at radius 1 is 1.18 bits per heavy atom. The minimum Gasteiger partial charge on any atom is -0.440 e. The van der Waals surface area contributed by atoms with Crippen LogP contribution in [0.2, 0.25) is 0 Å². The molecule has 2 N–H and O–H groups in total. The van der Waals surface area contributed by atoms with Crippen LogP contribution in [0, 0.1) is 37.0 Å². The number of aromatic nitrogens is 2. The summed E-state index contributed by atoms with van der Waals surface area (Å²) < 4.78 is 43.4. The third-order valence-electron chi connectivity index (χ3n) is 8.73. The van der Waals surface area contributed by atoms with Gasteiger partial charge in [-0.25, -0.2) is 4.79 Å². The molecule has 3 aromatic rings. The Kier molecular flexibility index (Phi) is 7.27. The zero-order valence-corrected chi connectivity index (χ0v) is 25.2. The van der Waals surface area contributed by atoms with Crippen molar-refractivity contribution in [3.8, 4) is 11.3 Å². The topological polar surface area (TPSA) is 131 Å². The highest BCUT2D eigenvalue weighted by molar-refractivity contribution is 7.19. The number of anilines is 1. The third-order valence-corrected chi connectivity index (χ3v) is 9.87. The van der Waals surface area contributed by atoms with Crippen LogP contribution in [-0.2, 0) is 30.5 Å². The number of hydrogen-bond acceptors (Lipinski definition) is 9. The summed E-state index contributed by atoms with van der Waals surface area (Å²) in [4.78, 5) is 61.9. The lowest BCUT2D eigenvalue weighted by Crippen LogP contribution is -2.46. The number of amides is 3. The Morgan fingerprint density at radius 3 is 2.57 bits per heavy atom.